The van der Waals surface area contributed by atoms with Gasteiger partial charge in [0, 0.05) is 13.6 Å². The molecule has 1 rings (SSSR count). The molecule has 0 aliphatic heterocycles. The normalized spacial score (nSPS) is 10.8. The first kappa shape index (κ1) is 15.7. The molecule has 0 saturated carbocycles. The fourth-order valence-electron chi connectivity index (χ4n) is 1.67. The van der Waals surface area contributed by atoms with Gasteiger partial charge in [0.05, 0.1) is 6.61 Å². The number of rotatable bonds is 7. The highest BCUT2D eigenvalue weighted by atomic mass is 32.1. The highest BCUT2D eigenvalue weighted by Crippen LogP contribution is 2.30. The van der Waals surface area contributed by atoms with Crippen LogP contribution in [0.5, 0.6) is 0 Å². The summed E-state index contributed by atoms with van der Waals surface area (Å²) in [6.07, 6.45) is 1.00. The molecule has 0 aliphatic rings. The average Bonchev–Trinajstić information content (AvgIpc) is 2.71. The predicted molar refractivity (Wildman–Crippen MR) is 78.9 cm³/mol. The van der Waals surface area contributed by atoms with E-state index in [0.717, 1.165) is 24.5 Å². The zero-order chi connectivity index (χ0) is 14.4. The molecule has 2 N–H and O–H groups in total. The van der Waals surface area contributed by atoms with E-state index in [4.69, 9.17) is 10.5 Å². The summed E-state index contributed by atoms with van der Waals surface area (Å²) in [5.41, 5.74) is 6.14. The number of aromatic nitrogens is 1. The summed E-state index contributed by atoms with van der Waals surface area (Å²) in [5.74, 6) is -0.152. The second-order valence-electron chi connectivity index (χ2n) is 4.55. The Bertz CT molecular complexity index is 420. The van der Waals surface area contributed by atoms with Crippen LogP contribution in [0.4, 0.5) is 10.8 Å². The molecule has 0 fully saturated rings. The van der Waals surface area contributed by atoms with Crippen molar-refractivity contribution in [3.8, 4) is 0 Å². The number of esters is 1. The molecule has 1 aromatic heterocycles. The zero-order valence-corrected chi connectivity index (χ0v) is 12.8. The lowest BCUT2D eigenvalue weighted by atomic mass is 10.3. The summed E-state index contributed by atoms with van der Waals surface area (Å²) in [4.78, 5) is 16.0. The zero-order valence-electron chi connectivity index (χ0n) is 12.0. The van der Waals surface area contributed by atoms with Gasteiger partial charge in [-0.25, -0.2) is 4.79 Å². The molecule has 0 saturated heterocycles. The second kappa shape index (κ2) is 7.30. The average molecular weight is 286 g/mol. The summed E-state index contributed by atoms with van der Waals surface area (Å²) in [6, 6.07) is 0. The van der Waals surface area contributed by atoms with E-state index >= 15 is 0 Å². The van der Waals surface area contributed by atoms with Crippen LogP contribution >= 0.6 is 11.5 Å². The molecular formula is C12H22N4O2S. The molecule has 1 aromatic rings. The third-order valence-corrected chi connectivity index (χ3v) is 3.60. The Morgan fingerprint density at radius 1 is 1.37 bits per heavy atom. The minimum atomic E-state index is -0.400. The minimum absolute atomic E-state index is 0.248. The quantitative estimate of drug-likeness (QED) is 0.762. The van der Waals surface area contributed by atoms with Gasteiger partial charge in [0.1, 0.15) is 10.6 Å². The summed E-state index contributed by atoms with van der Waals surface area (Å²) >= 11 is 1.23. The highest BCUT2D eigenvalue weighted by Gasteiger charge is 2.22. The summed E-state index contributed by atoms with van der Waals surface area (Å²) in [5, 5.41) is 0.773. The van der Waals surface area contributed by atoms with E-state index in [2.05, 4.69) is 9.27 Å². The second-order valence-corrected chi connectivity index (χ2v) is 5.30. The SMILES string of the molecule is CCOC(=O)c1c(N)nsc1N(C)CCCN(C)C. The molecule has 0 unspecified atom stereocenters. The van der Waals surface area contributed by atoms with Crippen molar-refractivity contribution in [1.82, 2.24) is 9.27 Å². The van der Waals surface area contributed by atoms with E-state index in [1.165, 1.54) is 11.5 Å². The van der Waals surface area contributed by atoms with Crippen molar-refractivity contribution < 1.29 is 9.53 Å². The number of carbonyl (C=O) groups excluding carboxylic acids is 1. The van der Waals surface area contributed by atoms with Crippen molar-refractivity contribution in [3.63, 3.8) is 0 Å². The molecule has 0 aromatic carbocycles. The van der Waals surface area contributed by atoms with Crippen molar-refractivity contribution in [3.05, 3.63) is 5.56 Å². The standard InChI is InChI=1S/C12H22N4O2S/c1-5-18-12(17)9-10(13)14-19-11(9)16(4)8-6-7-15(2)3/h5-8H2,1-4H3,(H2,13,14). The summed E-state index contributed by atoms with van der Waals surface area (Å²) in [7, 11) is 6.01. The molecular weight excluding hydrogens is 264 g/mol. The third-order valence-electron chi connectivity index (χ3n) is 2.63. The fraction of sp³-hybridized carbons (Fsp3) is 0.667. The molecule has 6 nitrogen and oxygen atoms in total. The Hall–Kier alpha value is -1.34. The van der Waals surface area contributed by atoms with Crippen LogP contribution in [0.3, 0.4) is 0 Å². The van der Waals surface area contributed by atoms with Crippen LogP contribution in [0.15, 0.2) is 0 Å². The molecule has 0 radical (unpaired) electrons. The highest BCUT2D eigenvalue weighted by molar-refractivity contribution is 7.11. The number of ether oxygens (including phenoxy) is 1. The van der Waals surface area contributed by atoms with Gasteiger partial charge in [-0.15, -0.1) is 0 Å². The predicted octanol–water partition coefficient (Wildman–Crippen LogP) is 1.29. The lowest BCUT2D eigenvalue weighted by Gasteiger charge is -2.19. The first-order chi connectivity index (χ1) is 8.97. The Kier molecular flexibility index (Phi) is 6.04. The van der Waals surface area contributed by atoms with E-state index in [1.807, 2.05) is 26.0 Å². The largest absolute Gasteiger partial charge is 0.462 e. The Labute approximate surface area is 118 Å². The van der Waals surface area contributed by atoms with E-state index in [9.17, 15) is 4.79 Å². The maximum absolute atomic E-state index is 11.9. The number of anilines is 2. The lowest BCUT2D eigenvalue weighted by Crippen LogP contribution is -2.24. The maximum atomic E-state index is 11.9. The Balaban J connectivity index is 2.74. The van der Waals surface area contributed by atoms with Crippen LogP contribution in [0.25, 0.3) is 0 Å². The fourth-order valence-corrected chi connectivity index (χ4v) is 2.46. The monoisotopic (exact) mass is 286 g/mol. The molecule has 19 heavy (non-hydrogen) atoms. The molecule has 108 valence electrons. The molecule has 0 bridgehead atoms. The number of hydrogen-bond donors (Lipinski definition) is 1. The minimum Gasteiger partial charge on any atom is -0.462 e. The molecule has 7 heteroatoms. The Morgan fingerprint density at radius 2 is 2.05 bits per heavy atom. The van der Waals surface area contributed by atoms with Gasteiger partial charge in [0.2, 0.25) is 0 Å². The van der Waals surface area contributed by atoms with Crippen LogP contribution in [0, 0.1) is 0 Å². The van der Waals surface area contributed by atoms with Crippen molar-refractivity contribution in [2.24, 2.45) is 0 Å². The molecule has 0 atom stereocenters. The number of nitrogen functional groups attached to an aromatic ring is 1. The Morgan fingerprint density at radius 3 is 2.63 bits per heavy atom. The van der Waals surface area contributed by atoms with Crippen molar-refractivity contribution >= 4 is 28.3 Å². The van der Waals surface area contributed by atoms with Crippen molar-refractivity contribution in [2.75, 3.05) is 51.5 Å². The smallest absolute Gasteiger partial charge is 0.345 e. The van der Waals surface area contributed by atoms with E-state index in [-0.39, 0.29) is 5.82 Å². The topological polar surface area (TPSA) is 71.7 Å². The van der Waals surface area contributed by atoms with Crippen LogP contribution < -0.4 is 10.6 Å². The van der Waals surface area contributed by atoms with Crippen LogP contribution in [-0.4, -0.2) is 56.1 Å². The van der Waals surface area contributed by atoms with Gasteiger partial charge in [-0.1, -0.05) is 0 Å². The van der Waals surface area contributed by atoms with Crippen LogP contribution in [0.2, 0.25) is 0 Å². The van der Waals surface area contributed by atoms with Gasteiger partial charge >= 0.3 is 5.97 Å². The number of hydrogen-bond acceptors (Lipinski definition) is 7. The van der Waals surface area contributed by atoms with E-state index < -0.39 is 5.97 Å². The molecule has 0 spiro atoms. The van der Waals surface area contributed by atoms with Gasteiger partial charge in [-0.2, -0.15) is 4.37 Å². The number of nitrogens with zero attached hydrogens (tertiary/aromatic N) is 3. The molecule has 1 heterocycles. The van der Waals surface area contributed by atoms with Crippen molar-refractivity contribution in [1.29, 1.82) is 0 Å². The first-order valence-electron chi connectivity index (χ1n) is 6.25. The van der Waals surface area contributed by atoms with E-state index in [1.54, 1.807) is 6.92 Å². The number of carbonyl (C=O) groups is 1. The third kappa shape index (κ3) is 4.36. The van der Waals surface area contributed by atoms with Gasteiger partial charge in [0.25, 0.3) is 0 Å². The van der Waals surface area contributed by atoms with Gasteiger partial charge in [-0.3, -0.25) is 0 Å². The van der Waals surface area contributed by atoms with Gasteiger partial charge in [-0.05, 0) is 45.5 Å². The van der Waals surface area contributed by atoms with Crippen LogP contribution in [0.1, 0.15) is 23.7 Å². The first-order valence-corrected chi connectivity index (χ1v) is 7.02. The van der Waals surface area contributed by atoms with Gasteiger partial charge in [0.15, 0.2) is 5.82 Å². The molecule has 0 amide bonds. The number of nitrogens with two attached hydrogens (primary N) is 1. The summed E-state index contributed by atoms with van der Waals surface area (Å²) < 4.78 is 9.06. The van der Waals surface area contributed by atoms with E-state index in [0.29, 0.717) is 12.2 Å². The van der Waals surface area contributed by atoms with Crippen molar-refractivity contribution in [2.45, 2.75) is 13.3 Å². The lowest BCUT2D eigenvalue weighted by molar-refractivity contribution is 0.0528. The van der Waals surface area contributed by atoms with Crippen LogP contribution in [-0.2, 0) is 4.74 Å². The summed E-state index contributed by atoms with van der Waals surface area (Å²) in [6.45, 7) is 3.94. The molecule has 0 aliphatic carbocycles. The maximum Gasteiger partial charge on any atom is 0.345 e. The van der Waals surface area contributed by atoms with Gasteiger partial charge < -0.3 is 20.3 Å².